The molecule has 25 heavy (non-hydrogen) atoms. The Morgan fingerprint density at radius 3 is 2.48 bits per heavy atom. The SMILES string of the molecule is CC#Cc1ccc(-c2ccccc2NC(=O)c2cn(C)nc2C)cc1. The number of nitrogens with one attached hydrogen (secondary N) is 1. The first-order valence-corrected chi connectivity index (χ1v) is 8.02. The highest BCUT2D eigenvalue weighted by atomic mass is 16.1. The van der Waals surface area contributed by atoms with Crippen molar-refractivity contribution < 1.29 is 4.79 Å². The molecule has 0 atom stereocenters. The number of amides is 1. The van der Waals surface area contributed by atoms with Crippen LogP contribution in [-0.2, 0) is 7.05 Å². The molecule has 3 aromatic rings. The number of aryl methyl sites for hydroxylation is 2. The molecule has 1 aromatic heterocycles. The van der Waals surface area contributed by atoms with E-state index in [1.54, 1.807) is 17.9 Å². The Bertz CT molecular complexity index is 972. The van der Waals surface area contributed by atoms with Crippen LogP contribution < -0.4 is 5.32 Å². The largest absolute Gasteiger partial charge is 0.321 e. The maximum Gasteiger partial charge on any atom is 0.259 e. The van der Waals surface area contributed by atoms with Crippen LogP contribution in [0, 0.1) is 18.8 Å². The molecule has 4 nitrogen and oxygen atoms in total. The molecular weight excluding hydrogens is 310 g/mol. The first-order chi connectivity index (χ1) is 12.1. The van der Waals surface area contributed by atoms with Crippen molar-refractivity contribution in [2.24, 2.45) is 7.05 Å². The maximum absolute atomic E-state index is 12.6. The van der Waals surface area contributed by atoms with E-state index in [-0.39, 0.29) is 5.91 Å². The van der Waals surface area contributed by atoms with E-state index in [9.17, 15) is 4.79 Å². The Morgan fingerprint density at radius 1 is 1.12 bits per heavy atom. The van der Waals surface area contributed by atoms with Crippen molar-refractivity contribution in [2.45, 2.75) is 13.8 Å². The second-order valence-electron chi connectivity index (χ2n) is 5.75. The summed E-state index contributed by atoms with van der Waals surface area (Å²) < 4.78 is 1.64. The van der Waals surface area contributed by atoms with E-state index in [4.69, 9.17) is 0 Å². The van der Waals surface area contributed by atoms with Crippen molar-refractivity contribution >= 4 is 11.6 Å². The van der Waals surface area contributed by atoms with E-state index in [0.29, 0.717) is 11.3 Å². The smallest absolute Gasteiger partial charge is 0.259 e. The van der Waals surface area contributed by atoms with Crippen molar-refractivity contribution in [3.8, 4) is 23.0 Å². The maximum atomic E-state index is 12.6. The highest BCUT2D eigenvalue weighted by molar-refractivity contribution is 6.06. The standard InChI is InChI=1S/C21H19N3O/c1-4-7-16-10-12-17(13-11-16)18-8-5-6-9-20(18)22-21(25)19-14-24(3)23-15(19)2/h5-6,8-14H,1-3H3,(H,22,25). The van der Waals surface area contributed by atoms with Crippen molar-refractivity contribution in [3.63, 3.8) is 0 Å². The normalized spacial score (nSPS) is 10.0. The Hall–Kier alpha value is -3.32. The van der Waals surface area contributed by atoms with Gasteiger partial charge in [-0.2, -0.15) is 5.10 Å². The molecule has 0 saturated heterocycles. The third-order valence-electron chi connectivity index (χ3n) is 3.90. The first kappa shape index (κ1) is 16.5. The van der Waals surface area contributed by atoms with Gasteiger partial charge in [0, 0.05) is 30.1 Å². The monoisotopic (exact) mass is 329 g/mol. The summed E-state index contributed by atoms with van der Waals surface area (Å²) >= 11 is 0. The van der Waals surface area contributed by atoms with Gasteiger partial charge in [-0.15, -0.1) is 5.92 Å². The fourth-order valence-corrected chi connectivity index (χ4v) is 2.73. The highest BCUT2D eigenvalue weighted by Gasteiger charge is 2.14. The van der Waals surface area contributed by atoms with Crippen LogP contribution in [0.25, 0.3) is 11.1 Å². The number of hydrogen-bond acceptors (Lipinski definition) is 2. The number of carbonyl (C=O) groups is 1. The van der Waals surface area contributed by atoms with Crippen LogP contribution in [0.5, 0.6) is 0 Å². The van der Waals surface area contributed by atoms with E-state index in [2.05, 4.69) is 22.3 Å². The number of nitrogens with zero attached hydrogens (tertiary/aromatic N) is 2. The third-order valence-corrected chi connectivity index (χ3v) is 3.90. The van der Waals surface area contributed by atoms with E-state index in [1.165, 1.54) is 0 Å². The van der Waals surface area contributed by atoms with Gasteiger partial charge in [0.15, 0.2) is 0 Å². The van der Waals surface area contributed by atoms with Gasteiger partial charge in [0.2, 0.25) is 0 Å². The lowest BCUT2D eigenvalue weighted by molar-refractivity contribution is 0.102. The molecule has 2 aromatic carbocycles. The lowest BCUT2D eigenvalue weighted by Crippen LogP contribution is -2.13. The molecule has 0 unspecified atom stereocenters. The average Bonchev–Trinajstić information content (AvgIpc) is 2.95. The Morgan fingerprint density at radius 2 is 1.84 bits per heavy atom. The van der Waals surface area contributed by atoms with E-state index in [1.807, 2.05) is 62.4 Å². The molecular formula is C21H19N3O. The van der Waals surface area contributed by atoms with Crippen LogP contribution in [0.1, 0.15) is 28.5 Å². The number of aromatic nitrogens is 2. The van der Waals surface area contributed by atoms with Gasteiger partial charge in [-0.1, -0.05) is 36.3 Å². The van der Waals surface area contributed by atoms with Gasteiger partial charge < -0.3 is 5.32 Å². The number of benzene rings is 2. The summed E-state index contributed by atoms with van der Waals surface area (Å²) in [6.45, 7) is 3.65. The second kappa shape index (κ2) is 7.06. The average molecular weight is 329 g/mol. The lowest BCUT2D eigenvalue weighted by atomic mass is 10.0. The van der Waals surface area contributed by atoms with Gasteiger partial charge in [0.1, 0.15) is 0 Å². The van der Waals surface area contributed by atoms with Crippen LogP contribution in [0.4, 0.5) is 5.69 Å². The number of para-hydroxylation sites is 1. The van der Waals surface area contributed by atoms with Crippen LogP contribution in [0.3, 0.4) is 0 Å². The van der Waals surface area contributed by atoms with Crippen molar-refractivity contribution in [1.29, 1.82) is 0 Å². The van der Waals surface area contributed by atoms with Gasteiger partial charge in [-0.25, -0.2) is 0 Å². The summed E-state index contributed by atoms with van der Waals surface area (Å²) in [5.41, 5.74) is 5.02. The molecule has 3 rings (SSSR count). The molecule has 0 spiro atoms. The number of rotatable bonds is 3. The Kier molecular flexibility index (Phi) is 4.67. The third kappa shape index (κ3) is 3.61. The number of anilines is 1. The Labute approximate surface area is 147 Å². The Balaban J connectivity index is 1.91. The van der Waals surface area contributed by atoms with E-state index < -0.39 is 0 Å². The fourth-order valence-electron chi connectivity index (χ4n) is 2.73. The van der Waals surface area contributed by atoms with Crippen LogP contribution in [-0.4, -0.2) is 15.7 Å². The minimum atomic E-state index is -0.161. The molecule has 0 aliphatic rings. The van der Waals surface area contributed by atoms with E-state index >= 15 is 0 Å². The first-order valence-electron chi connectivity index (χ1n) is 8.02. The predicted octanol–water partition coefficient (Wildman–Crippen LogP) is 4.02. The van der Waals surface area contributed by atoms with Crippen LogP contribution in [0.15, 0.2) is 54.7 Å². The van der Waals surface area contributed by atoms with E-state index in [0.717, 1.165) is 22.4 Å². The number of carbonyl (C=O) groups excluding carboxylic acids is 1. The van der Waals surface area contributed by atoms with Gasteiger partial charge in [-0.3, -0.25) is 9.48 Å². The minimum Gasteiger partial charge on any atom is -0.321 e. The van der Waals surface area contributed by atoms with Crippen molar-refractivity contribution in [3.05, 3.63) is 71.5 Å². The summed E-state index contributed by atoms with van der Waals surface area (Å²) in [5, 5.41) is 7.22. The molecule has 0 aliphatic heterocycles. The van der Waals surface area contributed by atoms with Crippen molar-refractivity contribution in [1.82, 2.24) is 9.78 Å². The number of hydrogen-bond donors (Lipinski definition) is 1. The van der Waals surface area contributed by atoms with Gasteiger partial charge in [-0.05, 0) is 37.6 Å². The summed E-state index contributed by atoms with van der Waals surface area (Å²) in [7, 11) is 1.80. The molecule has 0 radical (unpaired) electrons. The molecule has 0 saturated carbocycles. The molecule has 1 N–H and O–H groups in total. The molecule has 4 heteroatoms. The predicted molar refractivity (Wildman–Crippen MR) is 100 cm³/mol. The van der Waals surface area contributed by atoms with Gasteiger partial charge in [0.05, 0.1) is 11.3 Å². The van der Waals surface area contributed by atoms with Gasteiger partial charge >= 0.3 is 0 Å². The lowest BCUT2D eigenvalue weighted by Gasteiger charge is -2.11. The fraction of sp³-hybridized carbons (Fsp3) is 0.143. The van der Waals surface area contributed by atoms with Crippen molar-refractivity contribution in [2.75, 3.05) is 5.32 Å². The van der Waals surface area contributed by atoms with Crippen LogP contribution >= 0.6 is 0 Å². The molecule has 1 amide bonds. The quantitative estimate of drug-likeness (QED) is 0.738. The molecule has 124 valence electrons. The minimum absolute atomic E-state index is 0.161. The highest BCUT2D eigenvalue weighted by Crippen LogP contribution is 2.28. The molecule has 1 heterocycles. The zero-order valence-corrected chi connectivity index (χ0v) is 14.5. The summed E-state index contributed by atoms with van der Waals surface area (Å²) in [5.74, 6) is 5.76. The second-order valence-corrected chi connectivity index (χ2v) is 5.75. The van der Waals surface area contributed by atoms with Crippen LogP contribution in [0.2, 0.25) is 0 Å². The topological polar surface area (TPSA) is 46.9 Å². The summed E-state index contributed by atoms with van der Waals surface area (Å²) in [4.78, 5) is 12.6. The zero-order chi connectivity index (χ0) is 17.8. The van der Waals surface area contributed by atoms with Gasteiger partial charge in [0.25, 0.3) is 5.91 Å². The molecule has 0 bridgehead atoms. The summed E-state index contributed by atoms with van der Waals surface area (Å²) in [6.07, 6.45) is 1.73. The molecule has 0 aliphatic carbocycles. The summed E-state index contributed by atoms with van der Waals surface area (Å²) in [6, 6.07) is 15.8. The zero-order valence-electron chi connectivity index (χ0n) is 14.5. The molecule has 0 fully saturated rings.